The van der Waals surface area contributed by atoms with Gasteiger partial charge in [0.15, 0.2) is 6.10 Å². The third-order valence-electron chi connectivity index (χ3n) is 11.6. The molecule has 67 heavy (non-hydrogen) atoms. The number of carbonyl (C=O) groups is 3. The van der Waals surface area contributed by atoms with Crippen LogP contribution in [0.2, 0.25) is 0 Å². The van der Waals surface area contributed by atoms with Crippen LogP contribution in [0.15, 0.2) is 97.2 Å². The molecule has 382 valence electrons. The molecule has 6 heteroatoms. The number of unbranched alkanes of at least 4 members (excludes halogenated alkanes) is 22. The summed E-state index contributed by atoms with van der Waals surface area (Å²) in [6.45, 7) is 6.42. The van der Waals surface area contributed by atoms with Crippen molar-refractivity contribution in [2.24, 2.45) is 0 Å². The van der Waals surface area contributed by atoms with Crippen LogP contribution in [0.25, 0.3) is 0 Å². The van der Waals surface area contributed by atoms with Gasteiger partial charge >= 0.3 is 17.9 Å². The Kier molecular flexibility index (Phi) is 51.9. The highest BCUT2D eigenvalue weighted by Crippen LogP contribution is 2.15. The van der Waals surface area contributed by atoms with Crippen molar-refractivity contribution in [3.05, 3.63) is 97.2 Å². The van der Waals surface area contributed by atoms with Crippen LogP contribution in [0.1, 0.15) is 252 Å². The van der Waals surface area contributed by atoms with Crippen LogP contribution in [0, 0.1) is 0 Å². The van der Waals surface area contributed by atoms with Crippen molar-refractivity contribution in [2.45, 2.75) is 258 Å². The van der Waals surface area contributed by atoms with Crippen LogP contribution < -0.4 is 0 Å². The second-order valence-corrected chi connectivity index (χ2v) is 18.1. The van der Waals surface area contributed by atoms with Crippen molar-refractivity contribution in [1.29, 1.82) is 0 Å². The van der Waals surface area contributed by atoms with Gasteiger partial charge in [-0.3, -0.25) is 14.4 Å². The first-order valence-corrected chi connectivity index (χ1v) is 27.7. The predicted molar refractivity (Wildman–Crippen MR) is 288 cm³/mol. The molecule has 0 saturated heterocycles. The Labute approximate surface area is 413 Å². The Morgan fingerprint density at radius 3 is 0.910 bits per heavy atom. The summed E-state index contributed by atoms with van der Waals surface area (Å²) in [7, 11) is 0. The van der Waals surface area contributed by atoms with Crippen LogP contribution in [0.5, 0.6) is 0 Å². The Bertz CT molecular complexity index is 1350. The predicted octanol–water partition coefficient (Wildman–Crippen LogP) is 18.5. The summed E-state index contributed by atoms with van der Waals surface area (Å²) in [6, 6.07) is 0. The lowest BCUT2D eigenvalue weighted by Crippen LogP contribution is -2.30. The Morgan fingerprint density at radius 1 is 0.313 bits per heavy atom. The number of ether oxygens (including phenoxy) is 3. The lowest BCUT2D eigenvalue weighted by molar-refractivity contribution is -0.167. The number of esters is 3. The van der Waals surface area contributed by atoms with E-state index < -0.39 is 6.10 Å². The van der Waals surface area contributed by atoms with Crippen molar-refractivity contribution >= 4 is 17.9 Å². The van der Waals surface area contributed by atoms with Crippen molar-refractivity contribution in [3.63, 3.8) is 0 Å². The average Bonchev–Trinajstić information content (AvgIpc) is 3.33. The van der Waals surface area contributed by atoms with Crippen LogP contribution in [0.4, 0.5) is 0 Å². The third kappa shape index (κ3) is 53.2. The maximum Gasteiger partial charge on any atom is 0.306 e. The molecule has 0 aromatic carbocycles. The molecule has 0 aromatic heterocycles. The summed E-state index contributed by atoms with van der Waals surface area (Å²) in [6.07, 6.45) is 73.0. The molecule has 1 atom stereocenters. The van der Waals surface area contributed by atoms with Gasteiger partial charge < -0.3 is 14.2 Å². The summed E-state index contributed by atoms with van der Waals surface area (Å²) in [5.74, 6) is -0.909. The fraction of sp³-hybridized carbons (Fsp3) is 0.689. The minimum atomic E-state index is -0.777. The van der Waals surface area contributed by atoms with Gasteiger partial charge in [0.25, 0.3) is 0 Å². The lowest BCUT2D eigenvalue weighted by Gasteiger charge is -2.18. The molecule has 0 spiro atoms. The fourth-order valence-corrected chi connectivity index (χ4v) is 7.46. The number of carbonyl (C=O) groups excluding carboxylic acids is 3. The Hall–Kier alpha value is -3.67. The first-order chi connectivity index (χ1) is 33.0. The number of hydrogen-bond acceptors (Lipinski definition) is 6. The van der Waals surface area contributed by atoms with E-state index in [1.165, 1.54) is 83.5 Å². The summed E-state index contributed by atoms with van der Waals surface area (Å²) < 4.78 is 16.7. The minimum Gasteiger partial charge on any atom is -0.462 e. The van der Waals surface area contributed by atoms with Gasteiger partial charge in [0.2, 0.25) is 0 Å². The van der Waals surface area contributed by atoms with Gasteiger partial charge in [0, 0.05) is 19.3 Å². The quantitative estimate of drug-likeness (QED) is 0.0262. The van der Waals surface area contributed by atoms with Crippen molar-refractivity contribution in [2.75, 3.05) is 13.2 Å². The van der Waals surface area contributed by atoms with Gasteiger partial charge in [-0.05, 0) is 83.5 Å². The fourth-order valence-electron chi connectivity index (χ4n) is 7.46. The molecule has 0 radical (unpaired) electrons. The van der Waals surface area contributed by atoms with E-state index in [4.69, 9.17) is 14.2 Å². The first-order valence-electron chi connectivity index (χ1n) is 27.7. The number of hydrogen-bond donors (Lipinski definition) is 0. The van der Waals surface area contributed by atoms with Gasteiger partial charge in [-0.2, -0.15) is 0 Å². The van der Waals surface area contributed by atoms with E-state index in [0.717, 1.165) is 128 Å². The molecule has 0 aliphatic heterocycles. The molecule has 1 unspecified atom stereocenters. The van der Waals surface area contributed by atoms with E-state index in [9.17, 15) is 14.4 Å². The van der Waals surface area contributed by atoms with E-state index in [0.29, 0.717) is 19.3 Å². The molecule has 0 heterocycles. The highest BCUT2D eigenvalue weighted by Gasteiger charge is 2.19. The van der Waals surface area contributed by atoms with E-state index in [1.807, 2.05) is 0 Å². The summed E-state index contributed by atoms with van der Waals surface area (Å²) in [5.41, 5.74) is 0. The molecule has 0 aliphatic carbocycles. The first kappa shape index (κ1) is 63.3. The molecule has 0 saturated carbocycles. The van der Waals surface area contributed by atoms with Gasteiger partial charge in [0.1, 0.15) is 13.2 Å². The zero-order valence-electron chi connectivity index (χ0n) is 43.6. The zero-order chi connectivity index (χ0) is 48.6. The largest absolute Gasteiger partial charge is 0.462 e. The van der Waals surface area contributed by atoms with Gasteiger partial charge in [-0.25, -0.2) is 0 Å². The van der Waals surface area contributed by atoms with Gasteiger partial charge in [-0.1, -0.05) is 246 Å². The van der Waals surface area contributed by atoms with Crippen LogP contribution >= 0.6 is 0 Å². The van der Waals surface area contributed by atoms with E-state index >= 15 is 0 Å². The number of allylic oxidation sites excluding steroid dienone is 16. The molecule has 0 fully saturated rings. The molecule has 0 aliphatic rings. The number of rotatable bonds is 49. The highest BCUT2D eigenvalue weighted by atomic mass is 16.6. The van der Waals surface area contributed by atoms with Crippen molar-refractivity contribution < 1.29 is 28.6 Å². The lowest BCUT2D eigenvalue weighted by atomic mass is 10.0. The normalized spacial score (nSPS) is 12.8. The standard InChI is InChI=1S/C61H102O6/c1-4-7-10-13-15-17-19-21-22-23-24-25-26-27-28-29-30-31-32-33-34-35-36-37-38-40-41-43-45-48-51-54-60(63)66-57-58(56-65-59(62)53-50-47-12-9-6-3)67-61(64)55-52-49-46-44-42-39-20-18-16-14-11-8-5-2/h7,10,15,17,21-22,24-25,27-28,30-31,33-34,36-37,58H,4-6,8-9,11-14,16,18-20,23,26,29,32,35,38-57H2,1-3H3/b10-7-,17-15-,22-21-,25-24-,28-27-,31-30-,34-33-,37-36-. The smallest absolute Gasteiger partial charge is 0.306 e. The van der Waals surface area contributed by atoms with E-state index in [2.05, 4.69) is 118 Å². The second kappa shape index (κ2) is 54.9. The summed E-state index contributed by atoms with van der Waals surface area (Å²) >= 11 is 0. The van der Waals surface area contributed by atoms with E-state index in [-0.39, 0.29) is 31.1 Å². The maximum absolute atomic E-state index is 12.7. The van der Waals surface area contributed by atoms with Crippen molar-refractivity contribution in [3.8, 4) is 0 Å². The minimum absolute atomic E-state index is 0.0810. The molecule has 0 aromatic rings. The Morgan fingerprint density at radius 2 is 0.582 bits per heavy atom. The van der Waals surface area contributed by atoms with E-state index in [1.54, 1.807) is 0 Å². The average molecular weight is 931 g/mol. The van der Waals surface area contributed by atoms with Gasteiger partial charge in [0.05, 0.1) is 0 Å². The second-order valence-electron chi connectivity index (χ2n) is 18.1. The summed E-state index contributed by atoms with van der Waals surface area (Å²) in [4.78, 5) is 37.7. The topological polar surface area (TPSA) is 78.9 Å². The van der Waals surface area contributed by atoms with Crippen LogP contribution in [-0.2, 0) is 28.6 Å². The molecule has 0 bridgehead atoms. The molecular weight excluding hydrogens is 829 g/mol. The SMILES string of the molecule is CC/C=C\C/C=C\C/C=C\C/C=C\C/C=C\C/C=C\C/C=C\C/C=C\CCCCCCCCC(=O)OCC(COC(=O)CCCCCCC)OC(=O)CCCCCCCCCCCCCCC. The van der Waals surface area contributed by atoms with Crippen molar-refractivity contribution in [1.82, 2.24) is 0 Å². The van der Waals surface area contributed by atoms with Gasteiger partial charge in [-0.15, -0.1) is 0 Å². The molecular formula is C61H102O6. The third-order valence-corrected chi connectivity index (χ3v) is 11.6. The Balaban J connectivity index is 4.10. The maximum atomic E-state index is 12.7. The highest BCUT2D eigenvalue weighted by molar-refractivity contribution is 5.71. The van der Waals surface area contributed by atoms with Crippen LogP contribution in [-0.4, -0.2) is 37.2 Å². The van der Waals surface area contributed by atoms with Crippen LogP contribution in [0.3, 0.4) is 0 Å². The molecule has 0 amide bonds. The summed E-state index contributed by atoms with van der Waals surface area (Å²) in [5, 5.41) is 0. The monoisotopic (exact) mass is 931 g/mol. The molecule has 0 rings (SSSR count). The molecule has 6 nitrogen and oxygen atoms in total. The zero-order valence-corrected chi connectivity index (χ0v) is 43.6. The molecule has 0 N–H and O–H groups in total.